The highest BCUT2D eigenvalue weighted by atomic mass is 16.6. The van der Waals surface area contributed by atoms with Gasteiger partial charge in [-0.3, -0.25) is 10.1 Å². The van der Waals surface area contributed by atoms with Gasteiger partial charge in [-0.05, 0) is 31.0 Å². The average Bonchev–Trinajstić information content (AvgIpc) is 2.79. The molecule has 2 heterocycles. The maximum absolute atomic E-state index is 10.9. The van der Waals surface area contributed by atoms with Crippen molar-refractivity contribution in [2.45, 2.75) is 32.5 Å². The highest BCUT2D eigenvalue weighted by Crippen LogP contribution is 2.29. The van der Waals surface area contributed by atoms with Crippen molar-refractivity contribution < 1.29 is 9.66 Å². The molecule has 0 amide bonds. The zero-order valence-corrected chi connectivity index (χ0v) is 17.1. The Balaban J connectivity index is 1.66. The normalized spacial score (nSPS) is 18.9. The summed E-state index contributed by atoms with van der Waals surface area (Å²) < 4.78 is 6.18. The Kier molecular flexibility index (Phi) is 5.72. The van der Waals surface area contributed by atoms with Crippen LogP contribution in [-0.4, -0.2) is 34.1 Å². The van der Waals surface area contributed by atoms with Crippen LogP contribution in [0.2, 0.25) is 0 Å². The summed E-state index contributed by atoms with van der Waals surface area (Å²) in [6.45, 7) is 5.57. The van der Waals surface area contributed by atoms with Gasteiger partial charge in [0.25, 0.3) is 5.69 Å². The fraction of sp³-hybridized carbons (Fsp3) is 0.304. The lowest BCUT2D eigenvalue weighted by Crippen LogP contribution is -2.43. The first kappa shape index (κ1) is 20.0. The van der Waals surface area contributed by atoms with Crippen LogP contribution in [0.25, 0.3) is 11.4 Å². The van der Waals surface area contributed by atoms with Gasteiger partial charge in [-0.2, -0.15) is 0 Å². The molecule has 0 spiro atoms. The molecular weight excluding hydrogens is 380 g/mol. The van der Waals surface area contributed by atoms with Crippen LogP contribution in [0.3, 0.4) is 0 Å². The molecule has 1 aromatic heterocycles. The number of hydrogen-bond donors (Lipinski definition) is 0. The highest BCUT2D eigenvalue weighted by molar-refractivity contribution is 5.60. The molecule has 0 radical (unpaired) electrons. The summed E-state index contributed by atoms with van der Waals surface area (Å²) in [6.07, 6.45) is 0.807. The SMILES string of the molecule is CCc1cc(N2C[C@@H](C)O[C@@H](c3ccccc3)C2)nc(-c2ccc([N+](=O)[O-])cc2)n1. The van der Waals surface area contributed by atoms with Crippen molar-refractivity contribution >= 4 is 11.5 Å². The van der Waals surface area contributed by atoms with E-state index in [-0.39, 0.29) is 17.9 Å². The molecule has 154 valence electrons. The van der Waals surface area contributed by atoms with E-state index in [0.717, 1.165) is 35.6 Å². The van der Waals surface area contributed by atoms with Crippen molar-refractivity contribution in [1.82, 2.24) is 9.97 Å². The van der Waals surface area contributed by atoms with Gasteiger partial charge in [0.1, 0.15) is 11.9 Å². The lowest BCUT2D eigenvalue weighted by Gasteiger charge is -2.38. The van der Waals surface area contributed by atoms with E-state index in [1.807, 2.05) is 24.3 Å². The van der Waals surface area contributed by atoms with Gasteiger partial charge in [-0.1, -0.05) is 37.3 Å². The molecule has 0 saturated carbocycles. The Hall–Kier alpha value is -3.32. The first-order valence-electron chi connectivity index (χ1n) is 10.1. The van der Waals surface area contributed by atoms with Crippen molar-refractivity contribution in [1.29, 1.82) is 0 Å². The Bertz CT molecular complexity index is 1020. The summed E-state index contributed by atoms with van der Waals surface area (Å²) in [5, 5.41) is 10.9. The van der Waals surface area contributed by atoms with Gasteiger partial charge >= 0.3 is 0 Å². The summed E-state index contributed by atoms with van der Waals surface area (Å²) in [4.78, 5) is 22.2. The van der Waals surface area contributed by atoms with Gasteiger partial charge < -0.3 is 9.64 Å². The molecular formula is C23H24N4O3. The fourth-order valence-electron chi connectivity index (χ4n) is 3.68. The first-order chi connectivity index (χ1) is 14.5. The lowest BCUT2D eigenvalue weighted by molar-refractivity contribution is -0.384. The predicted octanol–water partition coefficient (Wildman–Crippen LogP) is 4.58. The van der Waals surface area contributed by atoms with Gasteiger partial charge in [-0.15, -0.1) is 0 Å². The molecule has 4 rings (SSSR count). The number of aryl methyl sites for hydroxylation is 1. The smallest absolute Gasteiger partial charge is 0.269 e. The van der Waals surface area contributed by atoms with Crippen LogP contribution in [0.15, 0.2) is 60.7 Å². The van der Waals surface area contributed by atoms with E-state index in [1.54, 1.807) is 12.1 Å². The second-order valence-corrected chi connectivity index (χ2v) is 7.45. The average molecular weight is 404 g/mol. The first-order valence-corrected chi connectivity index (χ1v) is 10.1. The summed E-state index contributed by atoms with van der Waals surface area (Å²) in [5.74, 6) is 1.43. The molecule has 2 atom stereocenters. The molecule has 0 N–H and O–H groups in total. The van der Waals surface area contributed by atoms with Crippen LogP contribution in [0, 0.1) is 10.1 Å². The van der Waals surface area contributed by atoms with E-state index in [9.17, 15) is 10.1 Å². The molecule has 1 fully saturated rings. The Morgan fingerprint density at radius 3 is 2.50 bits per heavy atom. The molecule has 0 unspecified atom stereocenters. The minimum absolute atomic E-state index is 0.0298. The number of rotatable bonds is 5. The predicted molar refractivity (Wildman–Crippen MR) is 115 cm³/mol. The maximum Gasteiger partial charge on any atom is 0.269 e. The van der Waals surface area contributed by atoms with Crippen LogP contribution in [-0.2, 0) is 11.2 Å². The van der Waals surface area contributed by atoms with E-state index in [0.29, 0.717) is 12.4 Å². The number of ether oxygens (including phenoxy) is 1. The van der Waals surface area contributed by atoms with E-state index in [1.165, 1.54) is 12.1 Å². The molecule has 0 aliphatic carbocycles. The van der Waals surface area contributed by atoms with Gasteiger partial charge in [0.2, 0.25) is 0 Å². The number of morpholine rings is 1. The topological polar surface area (TPSA) is 81.4 Å². The van der Waals surface area contributed by atoms with Crippen molar-refractivity contribution in [3.63, 3.8) is 0 Å². The van der Waals surface area contributed by atoms with Crippen LogP contribution in [0.4, 0.5) is 11.5 Å². The third-order valence-corrected chi connectivity index (χ3v) is 5.22. The standard InChI is InChI=1S/C23H24N4O3/c1-3-19-13-22(25-23(24-19)18-9-11-20(12-10-18)27(28)29)26-14-16(2)30-21(15-26)17-7-5-4-6-8-17/h4-13,16,21H,3,14-15H2,1-2H3/t16-,21-/m1/s1. The molecule has 1 aliphatic heterocycles. The number of hydrogen-bond acceptors (Lipinski definition) is 6. The number of nitro benzene ring substituents is 1. The monoisotopic (exact) mass is 404 g/mol. The van der Waals surface area contributed by atoms with E-state index < -0.39 is 4.92 Å². The van der Waals surface area contributed by atoms with E-state index in [2.05, 4.69) is 35.9 Å². The van der Waals surface area contributed by atoms with Gasteiger partial charge in [0.05, 0.1) is 11.0 Å². The number of nitrogens with zero attached hydrogens (tertiary/aromatic N) is 4. The third kappa shape index (κ3) is 4.31. The van der Waals surface area contributed by atoms with Crippen molar-refractivity contribution in [2.24, 2.45) is 0 Å². The number of aromatic nitrogens is 2. The number of anilines is 1. The van der Waals surface area contributed by atoms with Crippen molar-refractivity contribution in [2.75, 3.05) is 18.0 Å². The molecule has 3 aromatic rings. The number of non-ortho nitro benzene ring substituents is 1. The summed E-state index contributed by atoms with van der Waals surface area (Å²) >= 11 is 0. The van der Waals surface area contributed by atoms with Crippen LogP contribution in [0.1, 0.15) is 31.2 Å². The molecule has 0 bridgehead atoms. The minimum Gasteiger partial charge on any atom is -0.367 e. The Morgan fingerprint density at radius 2 is 1.83 bits per heavy atom. The molecule has 1 aliphatic rings. The second kappa shape index (κ2) is 8.59. The second-order valence-electron chi connectivity index (χ2n) is 7.45. The molecule has 7 nitrogen and oxygen atoms in total. The summed E-state index contributed by atoms with van der Waals surface area (Å²) in [6, 6.07) is 18.6. The summed E-state index contributed by atoms with van der Waals surface area (Å²) in [7, 11) is 0. The zero-order chi connectivity index (χ0) is 21.1. The maximum atomic E-state index is 10.9. The summed E-state index contributed by atoms with van der Waals surface area (Å²) in [5.41, 5.74) is 2.90. The zero-order valence-electron chi connectivity index (χ0n) is 17.1. The minimum atomic E-state index is -0.405. The van der Waals surface area contributed by atoms with Crippen LogP contribution in [0.5, 0.6) is 0 Å². The number of nitro groups is 1. The molecule has 2 aromatic carbocycles. The van der Waals surface area contributed by atoms with Crippen LogP contribution < -0.4 is 4.90 Å². The van der Waals surface area contributed by atoms with Crippen molar-refractivity contribution in [3.05, 3.63) is 82.0 Å². The van der Waals surface area contributed by atoms with Gasteiger partial charge in [0.15, 0.2) is 5.82 Å². The molecule has 7 heteroatoms. The fourth-order valence-corrected chi connectivity index (χ4v) is 3.68. The highest BCUT2D eigenvalue weighted by Gasteiger charge is 2.28. The van der Waals surface area contributed by atoms with Gasteiger partial charge in [-0.25, -0.2) is 9.97 Å². The van der Waals surface area contributed by atoms with Crippen molar-refractivity contribution in [3.8, 4) is 11.4 Å². The Labute approximate surface area is 175 Å². The number of benzene rings is 2. The lowest BCUT2D eigenvalue weighted by atomic mass is 10.1. The molecule has 1 saturated heterocycles. The van der Waals surface area contributed by atoms with Gasteiger partial charge in [0, 0.05) is 42.5 Å². The largest absolute Gasteiger partial charge is 0.367 e. The van der Waals surface area contributed by atoms with Crippen LogP contribution >= 0.6 is 0 Å². The third-order valence-electron chi connectivity index (χ3n) is 5.22. The molecule has 30 heavy (non-hydrogen) atoms. The van der Waals surface area contributed by atoms with E-state index >= 15 is 0 Å². The Morgan fingerprint density at radius 1 is 1.10 bits per heavy atom. The van der Waals surface area contributed by atoms with E-state index in [4.69, 9.17) is 9.72 Å². The quantitative estimate of drug-likeness (QED) is 0.457.